The second kappa shape index (κ2) is 8.95. The number of aliphatic hydroxyl groups excluding tert-OH is 1. The lowest BCUT2D eigenvalue weighted by Gasteiger charge is -2.28. The van der Waals surface area contributed by atoms with E-state index in [4.69, 9.17) is 9.26 Å². The first-order chi connectivity index (χ1) is 15.3. The van der Waals surface area contributed by atoms with Crippen molar-refractivity contribution in [1.29, 1.82) is 0 Å². The minimum absolute atomic E-state index is 0.0556. The lowest BCUT2D eigenvalue weighted by Crippen LogP contribution is -2.40. The van der Waals surface area contributed by atoms with Gasteiger partial charge in [0.15, 0.2) is 5.82 Å². The summed E-state index contributed by atoms with van der Waals surface area (Å²) in [5.41, 5.74) is 0.301. The molecule has 2 aliphatic rings. The predicted octanol–water partition coefficient (Wildman–Crippen LogP) is 2.39. The maximum Gasteiger partial charge on any atom is 0.414 e. The van der Waals surface area contributed by atoms with Gasteiger partial charge >= 0.3 is 6.09 Å². The van der Waals surface area contributed by atoms with Crippen molar-refractivity contribution in [3.05, 3.63) is 47.7 Å². The zero-order chi connectivity index (χ0) is 22.8. The highest BCUT2D eigenvalue weighted by Gasteiger charge is 2.34. The summed E-state index contributed by atoms with van der Waals surface area (Å²) in [5.74, 6) is -1.57. The molecule has 1 saturated heterocycles. The molecule has 1 aromatic carbocycles. The van der Waals surface area contributed by atoms with E-state index in [1.807, 2.05) is 0 Å². The number of benzene rings is 1. The molecule has 2 atom stereocenters. The van der Waals surface area contributed by atoms with Crippen LogP contribution in [-0.4, -0.2) is 65.6 Å². The Labute approximate surface area is 182 Å². The molecule has 0 unspecified atom stereocenters. The van der Waals surface area contributed by atoms with Crippen molar-refractivity contribution in [2.45, 2.75) is 25.6 Å². The molecular weight excluding hydrogens is 426 g/mol. The van der Waals surface area contributed by atoms with Crippen LogP contribution in [0.15, 0.2) is 35.1 Å². The number of halogens is 2. The van der Waals surface area contributed by atoms with Crippen LogP contribution in [0.4, 0.5) is 25.1 Å². The molecule has 2 amide bonds. The molecule has 0 aliphatic carbocycles. The second-order valence-corrected chi connectivity index (χ2v) is 7.61. The number of cyclic esters (lactones) is 1. The van der Waals surface area contributed by atoms with Crippen LogP contribution in [-0.2, 0) is 9.53 Å². The molecule has 11 heteroatoms. The van der Waals surface area contributed by atoms with Gasteiger partial charge in [0.25, 0.3) is 5.91 Å². The van der Waals surface area contributed by atoms with E-state index < -0.39 is 35.8 Å². The molecular formula is C21H22F2N4O5. The minimum atomic E-state index is -1.13. The van der Waals surface area contributed by atoms with Gasteiger partial charge in [-0.2, -0.15) is 0 Å². The van der Waals surface area contributed by atoms with Gasteiger partial charge in [-0.15, -0.1) is 0 Å². The molecule has 2 N–H and O–H groups in total. The summed E-state index contributed by atoms with van der Waals surface area (Å²) in [5, 5.41) is 16.1. The van der Waals surface area contributed by atoms with Gasteiger partial charge < -0.3 is 24.6 Å². The summed E-state index contributed by atoms with van der Waals surface area (Å²) in [6.07, 6.45) is 0.838. The zero-order valence-corrected chi connectivity index (χ0v) is 17.3. The molecule has 1 fully saturated rings. The molecule has 9 nitrogen and oxygen atoms in total. The van der Waals surface area contributed by atoms with E-state index in [0.717, 1.165) is 12.1 Å². The van der Waals surface area contributed by atoms with Crippen molar-refractivity contribution in [3.63, 3.8) is 0 Å². The van der Waals surface area contributed by atoms with Crippen LogP contribution in [0.1, 0.15) is 18.9 Å². The summed E-state index contributed by atoms with van der Waals surface area (Å²) < 4.78 is 39.7. The highest BCUT2D eigenvalue weighted by molar-refractivity contribution is 5.90. The number of nitrogens with zero attached hydrogens (tertiary/aromatic N) is 3. The Morgan fingerprint density at radius 1 is 1.38 bits per heavy atom. The van der Waals surface area contributed by atoms with Crippen molar-refractivity contribution in [1.82, 2.24) is 10.1 Å². The van der Waals surface area contributed by atoms with Gasteiger partial charge in [0.05, 0.1) is 18.8 Å². The average Bonchev–Trinajstić information content (AvgIpc) is 3.41. The Kier molecular flexibility index (Phi) is 6.08. The van der Waals surface area contributed by atoms with Crippen LogP contribution in [0, 0.1) is 11.6 Å². The summed E-state index contributed by atoms with van der Waals surface area (Å²) in [6.45, 7) is 2.14. The zero-order valence-electron chi connectivity index (χ0n) is 17.3. The third-order valence-electron chi connectivity index (χ3n) is 5.36. The quantitative estimate of drug-likeness (QED) is 0.699. The molecule has 32 heavy (non-hydrogen) atoms. The molecule has 0 saturated carbocycles. The van der Waals surface area contributed by atoms with E-state index in [-0.39, 0.29) is 43.9 Å². The Bertz CT molecular complexity index is 1020. The van der Waals surface area contributed by atoms with E-state index in [1.54, 1.807) is 12.1 Å². The van der Waals surface area contributed by atoms with Crippen LogP contribution in [0.2, 0.25) is 0 Å². The van der Waals surface area contributed by atoms with Gasteiger partial charge in [0.2, 0.25) is 0 Å². The third kappa shape index (κ3) is 4.42. The molecule has 0 radical (unpaired) electrons. The standard InChI is InChI=1S/C21H22F2N4O5/c1-12(28)20(29)26-5-2-13(3-6-26)19-16(22)8-14(9-17(19)23)27-11-15(32-21(27)30)10-24-18-4-7-31-25-18/h2,4,7-9,12,15,28H,3,5-6,10-11H2,1H3,(H,24,25)/t12-,15-/m0/s1. The van der Waals surface area contributed by atoms with Crippen LogP contribution in [0.5, 0.6) is 0 Å². The topological polar surface area (TPSA) is 108 Å². The van der Waals surface area contributed by atoms with Crippen LogP contribution < -0.4 is 10.2 Å². The Morgan fingerprint density at radius 3 is 2.72 bits per heavy atom. The number of carbonyl (C=O) groups excluding carboxylic acids is 2. The van der Waals surface area contributed by atoms with Crippen molar-refractivity contribution in [2.75, 3.05) is 36.4 Å². The van der Waals surface area contributed by atoms with Gasteiger partial charge in [-0.25, -0.2) is 13.6 Å². The van der Waals surface area contributed by atoms with Crippen molar-refractivity contribution >= 4 is 29.1 Å². The highest BCUT2D eigenvalue weighted by Crippen LogP contribution is 2.32. The lowest BCUT2D eigenvalue weighted by molar-refractivity contribution is -0.138. The SMILES string of the molecule is C[C@H](O)C(=O)N1CC=C(c2c(F)cc(N3C[C@H](CNc4ccon4)OC3=O)cc2F)CC1. The normalized spacial score (nSPS) is 19.6. The van der Waals surface area contributed by atoms with E-state index in [0.29, 0.717) is 11.4 Å². The van der Waals surface area contributed by atoms with E-state index in [1.165, 1.54) is 23.0 Å². The number of anilines is 2. The number of aromatic nitrogens is 1. The molecule has 0 spiro atoms. The second-order valence-electron chi connectivity index (χ2n) is 7.61. The monoisotopic (exact) mass is 448 g/mol. The Morgan fingerprint density at radius 2 is 2.12 bits per heavy atom. The molecule has 2 aliphatic heterocycles. The molecule has 3 heterocycles. The van der Waals surface area contributed by atoms with Crippen LogP contribution in [0.25, 0.3) is 5.57 Å². The summed E-state index contributed by atoms with van der Waals surface area (Å²) >= 11 is 0. The highest BCUT2D eigenvalue weighted by atomic mass is 19.1. The maximum absolute atomic E-state index is 14.9. The lowest BCUT2D eigenvalue weighted by atomic mass is 9.97. The number of nitrogens with one attached hydrogen (secondary N) is 1. The van der Waals surface area contributed by atoms with Gasteiger partial charge in [-0.3, -0.25) is 9.69 Å². The number of ether oxygens (including phenoxy) is 1. The van der Waals surface area contributed by atoms with E-state index in [2.05, 4.69) is 10.5 Å². The summed E-state index contributed by atoms with van der Waals surface area (Å²) in [6, 6.07) is 3.81. The number of hydrogen-bond acceptors (Lipinski definition) is 7. The van der Waals surface area contributed by atoms with E-state index in [9.17, 15) is 23.5 Å². The number of amides is 2. The Hall–Kier alpha value is -3.47. The maximum atomic E-state index is 14.9. The van der Waals surface area contributed by atoms with Gasteiger partial charge in [-0.05, 0) is 31.1 Å². The molecule has 170 valence electrons. The van der Waals surface area contributed by atoms with Crippen molar-refractivity contribution in [2.24, 2.45) is 0 Å². The number of carbonyl (C=O) groups is 2. The molecule has 2 aromatic rings. The smallest absolute Gasteiger partial charge is 0.414 e. The molecule has 4 rings (SSSR count). The molecule has 1 aromatic heterocycles. The van der Waals surface area contributed by atoms with Gasteiger partial charge in [0.1, 0.15) is 30.1 Å². The predicted molar refractivity (Wildman–Crippen MR) is 110 cm³/mol. The average molecular weight is 448 g/mol. The minimum Gasteiger partial charge on any atom is -0.442 e. The largest absolute Gasteiger partial charge is 0.442 e. The number of rotatable bonds is 6. The van der Waals surface area contributed by atoms with Gasteiger partial charge in [0, 0.05) is 24.7 Å². The fraction of sp³-hybridized carbons (Fsp3) is 0.381. The Balaban J connectivity index is 1.46. The first-order valence-electron chi connectivity index (χ1n) is 10.1. The van der Waals surface area contributed by atoms with Crippen molar-refractivity contribution in [3.8, 4) is 0 Å². The fourth-order valence-electron chi connectivity index (χ4n) is 3.74. The van der Waals surface area contributed by atoms with E-state index >= 15 is 0 Å². The molecule has 0 bridgehead atoms. The number of aliphatic hydroxyl groups is 1. The van der Waals surface area contributed by atoms with Crippen molar-refractivity contribution < 1.29 is 32.7 Å². The van der Waals surface area contributed by atoms with Crippen LogP contribution in [0.3, 0.4) is 0 Å². The first-order valence-corrected chi connectivity index (χ1v) is 10.1. The summed E-state index contributed by atoms with van der Waals surface area (Å²) in [4.78, 5) is 26.7. The third-order valence-corrected chi connectivity index (χ3v) is 5.36. The first kappa shape index (κ1) is 21.8. The van der Waals surface area contributed by atoms with Crippen LogP contribution >= 0.6 is 0 Å². The number of hydrogen-bond donors (Lipinski definition) is 2. The fourth-order valence-corrected chi connectivity index (χ4v) is 3.74. The van der Waals surface area contributed by atoms with Gasteiger partial charge in [-0.1, -0.05) is 11.2 Å². The summed E-state index contributed by atoms with van der Waals surface area (Å²) in [7, 11) is 0.